The van der Waals surface area contributed by atoms with Gasteiger partial charge in [-0.25, -0.2) is 18.4 Å². The smallest absolute Gasteiger partial charge is 0.340 e. The van der Waals surface area contributed by atoms with Crippen LogP contribution in [0.4, 0.5) is 8.78 Å². The van der Waals surface area contributed by atoms with E-state index in [4.69, 9.17) is 9.47 Å². The number of carbonyl (C=O) groups excluding carboxylic acids is 2. The normalized spacial score (nSPS) is 23.0. The van der Waals surface area contributed by atoms with Crippen LogP contribution >= 0.6 is 0 Å². The number of halogens is 2. The highest BCUT2D eigenvalue weighted by Gasteiger charge is 2.28. The van der Waals surface area contributed by atoms with Crippen LogP contribution < -0.4 is 0 Å². The highest BCUT2D eigenvalue weighted by atomic mass is 19.1. The summed E-state index contributed by atoms with van der Waals surface area (Å²) in [4.78, 5) is 24.4. The van der Waals surface area contributed by atoms with Crippen LogP contribution in [0.5, 0.6) is 0 Å². The molecular formula is C40H64F2O4. The van der Waals surface area contributed by atoms with Crippen LogP contribution in [0.3, 0.4) is 0 Å². The third-order valence-corrected chi connectivity index (χ3v) is 10.5. The zero-order valence-electron chi connectivity index (χ0n) is 29.1. The number of unbranched alkanes of at least 4 members (excludes halogenated alkanes) is 8. The highest BCUT2D eigenvalue weighted by Crippen LogP contribution is 2.32. The van der Waals surface area contributed by atoms with Crippen LogP contribution in [0, 0.1) is 11.8 Å². The van der Waals surface area contributed by atoms with Gasteiger partial charge in [-0.05, 0) is 126 Å². The summed E-state index contributed by atoms with van der Waals surface area (Å²) in [6.45, 7) is 4.31. The van der Waals surface area contributed by atoms with Crippen molar-refractivity contribution in [2.45, 2.75) is 192 Å². The van der Waals surface area contributed by atoms with E-state index in [1.165, 1.54) is 24.0 Å². The molecule has 2 aliphatic rings. The maximum Gasteiger partial charge on any atom is 0.340 e. The first-order valence-corrected chi connectivity index (χ1v) is 19.1. The van der Waals surface area contributed by atoms with E-state index in [1.807, 2.05) is 0 Å². The van der Waals surface area contributed by atoms with Crippen LogP contribution in [0.2, 0.25) is 0 Å². The Kier molecular flexibility index (Phi) is 18.9. The summed E-state index contributed by atoms with van der Waals surface area (Å²) in [6, 6.07) is 9.06. The summed E-state index contributed by atoms with van der Waals surface area (Å²) < 4.78 is 39.5. The quantitative estimate of drug-likeness (QED) is 0.0929. The molecule has 46 heavy (non-hydrogen) atoms. The van der Waals surface area contributed by atoms with Gasteiger partial charge in [-0.1, -0.05) is 89.5 Å². The Balaban J connectivity index is 1.23. The summed E-state index contributed by atoms with van der Waals surface area (Å²) >= 11 is 0. The Hall–Kier alpha value is -1.98. The Morgan fingerprint density at radius 1 is 0.587 bits per heavy atom. The van der Waals surface area contributed by atoms with Gasteiger partial charge in [0.15, 0.2) is 12.3 Å². The van der Waals surface area contributed by atoms with Crippen molar-refractivity contribution in [2.75, 3.05) is 0 Å². The number of alkyl halides is 2. The Morgan fingerprint density at radius 3 is 1.28 bits per heavy atom. The molecule has 0 unspecified atom stereocenters. The molecule has 4 nitrogen and oxygen atoms in total. The average molecular weight is 647 g/mol. The van der Waals surface area contributed by atoms with Crippen LogP contribution in [0.1, 0.15) is 166 Å². The molecule has 0 heterocycles. The molecule has 2 fully saturated rings. The Labute approximate surface area is 279 Å². The number of carbonyl (C=O) groups is 2. The number of esters is 2. The lowest BCUT2D eigenvalue weighted by molar-refractivity contribution is -0.158. The highest BCUT2D eigenvalue weighted by molar-refractivity contribution is 5.75. The van der Waals surface area contributed by atoms with Gasteiger partial charge in [-0.3, -0.25) is 0 Å². The second-order valence-corrected chi connectivity index (χ2v) is 14.4. The van der Waals surface area contributed by atoms with Crippen molar-refractivity contribution in [3.63, 3.8) is 0 Å². The minimum Gasteiger partial charge on any atom is -0.460 e. The van der Waals surface area contributed by atoms with Crippen LogP contribution in [-0.2, 0) is 31.9 Å². The van der Waals surface area contributed by atoms with E-state index in [9.17, 15) is 18.4 Å². The van der Waals surface area contributed by atoms with Crippen molar-refractivity contribution in [3.8, 4) is 0 Å². The maximum absolute atomic E-state index is 14.2. The summed E-state index contributed by atoms with van der Waals surface area (Å²) in [5.74, 6) is -0.0321. The fourth-order valence-electron chi connectivity index (χ4n) is 7.26. The van der Waals surface area contributed by atoms with Crippen molar-refractivity contribution < 1.29 is 27.8 Å². The molecule has 1 aromatic carbocycles. The van der Waals surface area contributed by atoms with E-state index >= 15 is 0 Å². The number of aryl methyl sites for hydroxylation is 2. The Bertz CT molecular complexity index is 873. The van der Waals surface area contributed by atoms with E-state index in [0.717, 1.165) is 128 Å². The molecule has 0 amide bonds. The molecular weight excluding hydrogens is 582 g/mol. The first kappa shape index (κ1) is 38.5. The van der Waals surface area contributed by atoms with Gasteiger partial charge in [-0.2, -0.15) is 0 Å². The third-order valence-electron chi connectivity index (χ3n) is 10.5. The Morgan fingerprint density at radius 2 is 0.935 bits per heavy atom. The van der Waals surface area contributed by atoms with Crippen molar-refractivity contribution in [3.05, 3.63) is 35.4 Å². The summed E-state index contributed by atoms with van der Waals surface area (Å²) in [5.41, 5.74) is 2.73. The predicted molar refractivity (Wildman–Crippen MR) is 183 cm³/mol. The third kappa shape index (κ3) is 15.3. The first-order valence-electron chi connectivity index (χ1n) is 19.1. The molecule has 0 radical (unpaired) electrons. The molecule has 0 aliphatic heterocycles. The van der Waals surface area contributed by atoms with E-state index in [0.29, 0.717) is 24.7 Å². The van der Waals surface area contributed by atoms with Crippen LogP contribution in [0.15, 0.2) is 24.3 Å². The van der Waals surface area contributed by atoms with Crippen molar-refractivity contribution in [1.29, 1.82) is 0 Å². The maximum atomic E-state index is 14.2. The van der Waals surface area contributed by atoms with Crippen molar-refractivity contribution in [1.82, 2.24) is 0 Å². The summed E-state index contributed by atoms with van der Waals surface area (Å²) in [7, 11) is 0. The molecule has 2 atom stereocenters. The molecule has 6 heteroatoms. The molecule has 1 aromatic rings. The van der Waals surface area contributed by atoms with Crippen molar-refractivity contribution in [2.24, 2.45) is 11.8 Å². The van der Waals surface area contributed by atoms with E-state index in [-0.39, 0.29) is 12.2 Å². The lowest BCUT2D eigenvalue weighted by Gasteiger charge is -2.29. The lowest BCUT2D eigenvalue weighted by Crippen LogP contribution is -2.29. The molecule has 2 aliphatic carbocycles. The fourth-order valence-corrected chi connectivity index (χ4v) is 7.26. The van der Waals surface area contributed by atoms with Crippen LogP contribution in [0.25, 0.3) is 0 Å². The minimum absolute atomic E-state index is 0.121. The van der Waals surface area contributed by atoms with Gasteiger partial charge in [-0.15, -0.1) is 0 Å². The molecule has 0 bridgehead atoms. The number of hydrogen-bond acceptors (Lipinski definition) is 4. The summed E-state index contributed by atoms with van der Waals surface area (Å²) in [5, 5.41) is 0. The lowest BCUT2D eigenvalue weighted by atomic mass is 9.83. The molecule has 0 saturated heterocycles. The molecule has 262 valence electrons. The predicted octanol–water partition coefficient (Wildman–Crippen LogP) is 11.2. The van der Waals surface area contributed by atoms with Crippen LogP contribution in [-0.4, -0.2) is 36.5 Å². The topological polar surface area (TPSA) is 52.6 Å². The van der Waals surface area contributed by atoms with Gasteiger partial charge in [0.2, 0.25) is 0 Å². The van der Waals surface area contributed by atoms with Gasteiger partial charge in [0, 0.05) is 0 Å². The number of hydrogen-bond donors (Lipinski definition) is 0. The van der Waals surface area contributed by atoms with Gasteiger partial charge in [0.25, 0.3) is 0 Å². The molecule has 0 spiro atoms. The number of rotatable bonds is 22. The number of benzene rings is 1. The number of ether oxygens (including phenoxy) is 2. The van der Waals surface area contributed by atoms with Gasteiger partial charge in [0.1, 0.15) is 12.2 Å². The molecule has 0 aromatic heterocycles. The summed E-state index contributed by atoms with van der Waals surface area (Å²) in [6.07, 6.45) is 19.7. The second-order valence-electron chi connectivity index (χ2n) is 14.4. The monoisotopic (exact) mass is 646 g/mol. The van der Waals surface area contributed by atoms with E-state index < -0.39 is 24.3 Å². The molecule has 2 saturated carbocycles. The SMILES string of the molecule is CCCCCCC[C@@H](F)C(=O)O[C@H]1CC[C@H](CCc2ccc(CC[C@H]3CC[C@H](OC(=O)[C@H](F)CCCCCCC)CC3)cc2)CC1. The largest absolute Gasteiger partial charge is 0.460 e. The fraction of sp³-hybridized carbons (Fsp3) is 0.800. The van der Waals surface area contributed by atoms with Gasteiger partial charge in [0.05, 0.1) is 0 Å². The average Bonchev–Trinajstić information content (AvgIpc) is 3.07. The standard InChI is InChI=1S/C40H64F2O4/c1-3-5-7-9-11-13-37(41)39(43)45-35-27-23-33(24-28-35)21-19-31-15-17-32(18-16-31)20-22-34-25-29-36(30-26-34)46-40(44)38(42)14-12-10-8-6-4-2/h15-18,33-38H,3-14,19-30H2,1-2H3/t33-,34-,35-,36-,37-,38-/m1/s1. The van der Waals surface area contributed by atoms with E-state index in [2.05, 4.69) is 38.1 Å². The minimum atomic E-state index is -1.47. The zero-order chi connectivity index (χ0) is 33.0. The van der Waals surface area contributed by atoms with E-state index in [1.54, 1.807) is 0 Å². The van der Waals surface area contributed by atoms with Gasteiger partial charge < -0.3 is 9.47 Å². The van der Waals surface area contributed by atoms with Gasteiger partial charge >= 0.3 is 11.9 Å². The second kappa shape index (κ2) is 22.6. The molecule has 0 N–H and O–H groups in total. The van der Waals surface area contributed by atoms with Crippen molar-refractivity contribution >= 4 is 11.9 Å². The zero-order valence-corrected chi connectivity index (χ0v) is 29.1. The first-order chi connectivity index (χ1) is 22.4. The molecule has 3 rings (SSSR count).